The maximum Gasteiger partial charge on any atom is 0.311 e. The van der Waals surface area contributed by atoms with E-state index in [1.54, 1.807) is 30.3 Å². The van der Waals surface area contributed by atoms with Crippen molar-refractivity contribution in [1.82, 2.24) is 0 Å². The largest absolute Gasteiger partial charge is 0.481 e. The highest BCUT2D eigenvalue weighted by Gasteiger charge is 2.35. The minimum absolute atomic E-state index is 0.199. The molecule has 0 spiro atoms. The molecule has 0 bridgehead atoms. The Morgan fingerprint density at radius 2 is 1.33 bits per heavy atom. The fourth-order valence-corrected chi connectivity index (χ4v) is 3.39. The van der Waals surface area contributed by atoms with Gasteiger partial charge in [0.25, 0.3) is 0 Å². The third kappa shape index (κ3) is 4.67. The molecule has 144 valence electrons. The minimum Gasteiger partial charge on any atom is -0.481 e. The molecule has 0 heterocycles. The van der Waals surface area contributed by atoms with Gasteiger partial charge < -0.3 is 14.9 Å². The summed E-state index contributed by atoms with van der Waals surface area (Å²) in [4.78, 5) is 24.0. The van der Waals surface area contributed by atoms with Crippen LogP contribution in [0, 0.1) is 11.8 Å². The third-order valence-corrected chi connectivity index (χ3v) is 4.58. The topological polar surface area (TPSA) is 83.8 Å². The predicted octanol–water partition coefficient (Wildman–Crippen LogP) is 5.13. The summed E-state index contributed by atoms with van der Waals surface area (Å²) in [7, 11) is 0. The van der Waals surface area contributed by atoms with Crippen molar-refractivity contribution < 1.29 is 24.5 Å². The predicted molar refractivity (Wildman–Crippen MR) is 103 cm³/mol. The summed E-state index contributed by atoms with van der Waals surface area (Å²) in [6.45, 7) is 7.26. The number of carboxylic acid groups (broad SMARTS) is 2. The van der Waals surface area contributed by atoms with Gasteiger partial charge in [-0.15, -0.1) is 0 Å². The van der Waals surface area contributed by atoms with E-state index in [0.29, 0.717) is 22.6 Å². The number of carboxylic acids is 2. The van der Waals surface area contributed by atoms with E-state index in [-0.39, 0.29) is 11.8 Å². The lowest BCUT2D eigenvalue weighted by molar-refractivity contribution is -0.141. The molecule has 0 aromatic heterocycles. The SMILES string of the molecule is CC(C)C(C(=O)O)c1cccc(Oc2ccccc2)c1C(C(=O)O)C(C)C. The molecule has 0 saturated heterocycles. The zero-order chi connectivity index (χ0) is 20.1. The quantitative estimate of drug-likeness (QED) is 0.673. The van der Waals surface area contributed by atoms with Gasteiger partial charge in [0.2, 0.25) is 0 Å². The van der Waals surface area contributed by atoms with Gasteiger partial charge in [0, 0.05) is 5.56 Å². The fraction of sp³-hybridized carbons (Fsp3) is 0.364. The van der Waals surface area contributed by atoms with Gasteiger partial charge in [0.15, 0.2) is 0 Å². The van der Waals surface area contributed by atoms with Crippen molar-refractivity contribution in [3.05, 3.63) is 59.7 Å². The number of hydrogen-bond acceptors (Lipinski definition) is 3. The summed E-state index contributed by atoms with van der Waals surface area (Å²) in [5.41, 5.74) is 0.928. The van der Waals surface area contributed by atoms with Gasteiger partial charge in [0.1, 0.15) is 11.5 Å². The molecular formula is C22H26O5. The number of ether oxygens (including phenoxy) is 1. The van der Waals surface area contributed by atoms with Crippen molar-refractivity contribution in [3.8, 4) is 11.5 Å². The van der Waals surface area contributed by atoms with E-state index in [4.69, 9.17) is 4.74 Å². The number of hydrogen-bond donors (Lipinski definition) is 2. The molecular weight excluding hydrogens is 344 g/mol. The number of rotatable bonds is 8. The summed E-state index contributed by atoms with van der Waals surface area (Å²) in [5.74, 6) is -3.15. The lowest BCUT2D eigenvalue weighted by Crippen LogP contribution is -2.25. The summed E-state index contributed by atoms with van der Waals surface area (Å²) in [5, 5.41) is 19.6. The Morgan fingerprint density at radius 3 is 1.81 bits per heavy atom. The standard InChI is InChI=1S/C22H26O5/c1-13(2)18(21(23)24)16-11-8-12-17(27-15-9-6-5-7-10-15)20(16)19(14(3)4)22(25)26/h5-14,18-19H,1-4H3,(H,23,24)(H,25,26). The first-order valence-corrected chi connectivity index (χ1v) is 9.05. The molecule has 0 radical (unpaired) electrons. The maximum absolute atomic E-state index is 12.1. The van der Waals surface area contributed by atoms with Crippen LogP contribution in [0.4, 0.5) is 0 Å². The van der Waals surface area contributed by atoms with Crippen LogP contribution in [0.15, 0.2) is 48.5 Å². The van der Waals surface area contributed by atoms with Gasteiger partial charge in [-0.25, -0.2) is 0 Å². The van der Waals surface area contributed by atoms with Crippen molar-refractivity contribution in [1.29, 1.82) is 0 Å². The van der Waals surface area contributed by atoms with Crippen LogP contribution in [0.25, 0.3) is 0 Å². The molecule has 0 aliphatic rings. The number of carbonyl (C=O) groups is 2. The summed E-state index contributed by atoms with van der Waals surface area (Å²) < 4.78 is 5.98. The van der Waals surface area contributed by atoms with Crippen LogP contribution >= 0.6 is 0 Å². The van der Waals surface area contributed by atoms with Crippen molar-refractivity contribution in [3.63, 3.8) is 0 Å². The van der Waals surface area contributed by atoms with Crippen LogP contribution in [0.5, 0.6) is 11.5 Å². The minimum atomic E-state index is -0.997. The molecule has 2 rings (SSSR count). The van der Waals surface area contributed by atoms with E-state index in [1.165, 1.54) is 0 Å². The molecule has 0 aliphatic carbocycles. The van der Waals surface area contributed by atoms with E-state index in [0.717, 1.165) is 0 Å². The van der Waals surface area contributed by atoms with Gasteiger partial charge in [0.05, 0.1) is 11.8 Å². The Morgan fingerprint density at radius 1 is 0.778 bits per heavy atom. The second-order valence-electron chi connectivity index (χ2n) is 7.29. The summed E-state index contributed by atoms with van der Waals surface area (Å²) in [6, 6.07) is 14.2. The fourth-order valence-electron chi connectivity index (χ4n) is 3.39. The van der Waals surface area contributed by atoms with Crippen molar-refractivity contribution in [2.24, 2.45) is 11.8 Å². The van der Waals surface area contributed by atoms with E-state index in [2.05, 4.69) is 0 Å². The van der Waals surface area contributed by atoms with Crippen molar-refractivity contribution in [2.45, 2.75) is 39.5 Å². The molecule has 2 aromatic carbocycles. The first kappa shape index (κ1) is 20.5. The van der Waals surface area contributed by atoms with E-state index >= 15 is 0 Å². The maximum atomic E-state index is 12.1. The zero-order valence-electron chi connectivity index (χ0n) is 16.0. The molecule has 2 atom stereocenters. The first-order valence-electron chi connectivity index (χ1n) is 9.05. The molecule has 2 unspecified atom stereocenters. The van der Waals surface area contributed by atoms with Crippen LogP contribution in [0.2, 0.25) is 0 Å². The van der Waals surface area contributed by atoms with E-state index in [1.807, 2.05) is 45.9 Å². The van der Waals surface area contributed by atoms with Gasteiger partial charge in [-0.05, 0) is 35.6 Å². The average molecular weight is 370 g/mol. The van der Waals surface area contributed by atoms with Crippen LogP contribution in [0.1, 0.15) is 50.7 Å². The van der Waals surface area contributed by atoms with Crippen LogP contribution < -0.4 is 4.74 Å². The van der Waals surface area contributed by atoms with Gasteiger partial charge in [-0.2, -0.15) is 0 Å². The Labute approximate surface area is 159 Å². The highest BCUT2D eigenvalue weighted by molar-refractivity contribution is 5.82. The number of benzene rings is 2. The van der Waals surface area contributed by atoms with Crippen LogP contribution in [-0.2, 0) is 9.59 Å². The molecule has 0 amide bonds. The molecule has 2 N–H and O–H groups in total. The van der Waals surface area contributed by atoms with Gasteiger partial charge in [-0.1, -0.05) is 58.0 Å². The number of para-hydroxylation sites is 1. The lowest BCUT2D eigenvalue weighted by Gasteiger charge is -2.27. The Hall–Kier alpha value is -2.82. The van der Waals surface area contributed by atoms with Gasteiger partial charge in [-0.3, -0.25) is 9.59 Å². The average Bonchev–Trinajstić information content (AvgIpc) is 2.57. The third-order valence-electron chi connectivity index (χ3n) is 4.58. The molecule has 27 heavy (non-hydrogen) atoms. The van der Waals surface area contributed by atoms with E-state index < -0.39 is 23.8 Å². The monoisotopic (exact) mass is 370 g/mol. The zero-order valence-corrected chi connectivity index (χ0v) is 16.0. The number of aliphatic carboxylic acids is 2. The van der Waals surface area contributed by atoms with Crippen molar-refractivity contribution >= 4 is 11.9 Å². The Kier molecular flexibility index (Phi) is 6.61. The molecule has 2 aromatic rings. The normalized spacial score (nSPS) is 13.4. The van der Waals surface area contributed by atoms with Crippen LogP contribution in [-0.4, -0.2) is 22.2 Å². The van der Waals surface area contributed by atoms with E-state index in [9.17, 15) is 19.8 Å². The highest BCUT2D eigenvalue weighted by atomic mass is 16.5. The second-order valence-corrected chi connectivity index (χ2v) is 7.29. The van der Waals surface area contributed by atoms with Gasteiger partial charge >= 0.3 is 11.9 Å². The highest BCUT2D eigenvalue weighted by Crippen LogP contribution is 2.41. The van der Waals surface area contributed by atoms with Crippen LogP contribution in [0.3, 0.4) is 0 Å². The van der Waals surface area contributed by atoms with Crippen molar-refractivity contribution in [2.75, 3.05) is 0 Å². The Bertz CT molecular complexity index is 796. The smallest absolute Gasteiger partial charge is 0.311 e. The molecule has 5 heteroatoms. The Balaban J connectivity index is 2.71. The molecule has 0 saturated carbocycles. The second kappa shape index (κ2) is 8.71. The summed E-state index contributed by atoms with van der Waals surface area (Å²) in [6.07, 6.45) is 0. The molecule has 0 aliphatic heterocycles. The summed E-state index contributed by atoms with van der Waals surface area (Å²) >= 11 is 0. The lowest BCUT2D eigenvalue weighted by atomic mass is 9.78. The molecule has 0 fully saturated rings. The first-order chi connectivity index (χ1) is 12.7. The molecule has 5 nitrogen and oxygen atoms in total.